The number of hydrogen-bond acceptors (Lipinski definition) is 1. The predicted octanol–water partition coefficient (Wildman–Crippen LogP) is 15.2. The van der Waals surface area contributed by atoms with Gasteiger partial charge in [0.15, 0.2) is 0 Å². The monoisotopic (exact) mass is 947 g/mol. The summed E-state index contributed by atoms with van der Waals surface area (Å²) in [5, 5.41) is 18.9. The van der Waals surface area contributed by atoms with E-state index in [2.05, 4.69) is 36.4 Å². The minimum absolute atomic E-state index is 0.133. The highest BCUT2D eigenvalue weighted by molar-refractivity contribution is 6.58. The maximum Gasteiger partial charge on any atom is 0.460 e. The Bertz CT molecular complexity index is 3810. The fourth-order valence-corrected chi connectivity index (χ4v) is 13.4. The molecule has 0 amide bonds. The number of likely N-dealkylation sites (N-methyl/N-ethyl adjacent to an activating group) is 1. The third kappa shape index (κ3) is 3.87. The van der Waals surface area contributed by atoms with Gasteiger partial charge in [-0.2, -0.15) is 74.6 Å². The van der Waals surface area contributed by atoms with Crippen molar-refractivity contribution < 1.29 is 74.6 Å². The van der Waals surface area contributed by atoms with Crippen LogP contribution in [-0.2, 0) is 18.8 Å². The zero-order valence-corrected chi connectivity index (χ0v) is 33.5. The van der Waals surface area contributed by atoms with E-state index in [-0.39, 0.29) is 23.6 Å². The summed E-state index contributed by atoms with van der Waals surface area (Å²) in [6, 6.07) is 14.4. The van der Waals surface area contributed by atoms with Crippen molar-refractivity contribution in [3.63, 3.8) is 0 Å². The van der Waals surface area contributed by atoms with Gasteiger partial charge in [-0.15, -0.1) is 0 Å². The molecule has 0 saturated carbocycles. The SMILES string of the molecule is CN1CC2c3cc4c5c6c(cc7ccc8cc9c%10c%11c(cc(c%12c3c5c(c%12%11)c3c6c7c8c%103)C2C1c1ccc(C(F)(F)C(F)(F)C(F)(F)C(F)(F)C(F)(F)C(F)(F)C(F)(F)C(F)(F)F)cc1)C9)C4. The first-order chi connectivity index (χ1) is 31.1. The van der Waals surface area contributed by atoms with Crippen molar-refractivity contribution >= 4 is 86.2 Å². The average molecular weight is 948 g/mol. The van der Waals surface area contributed by atoms with Crippen LogP contribution in [0.15, 0.2) is 60.7 Å². The summed E-state index contributed by atoms with van der Waals surface area (Å²) >= 11 is 0. The minimum atomic E-state index is -8.68. The second kappa shape index (κ2) is 10.9. The van der Waals surface area contributed by atoms with Crippen LogP contribution in [0.4, 0.5) is 74.6 Å². The molecular weight excluding hydrogens is 926 g/mol. The van der Waals surface area contributed by atoms with Gasteiger partial charge in [0, 0.05) is 30.0 Å². The third-order valence-electron chi connectivity index (χ3n) is 16.0. The van der Waals surface area contributed by atoms with E-state index in [1.807, 2.05) is 4.90 Å². The van der Waals surface area contributed by atoms with Crippen LogP contribution in [0, 0.1) is 0 Å². The summed E-state index contributed by atoms with van der Waals surface area (Å²) in [7, 11) is 1.73. The lowest BCUT2D eigenvalue weighted by Crippen LogP contribution is -2.74. The molecule has 1 fully saturated rings. The molecule has 10 aromatic carbocycles. The molecule has 18 heteroatoms. The van der Waals surface area contributed by atoms with Crippen molar-refractivity contribution in [3.8, 4) is 0 Å². The molecule has 0 spiro atoms. The van der Waals surface area contributed by atoms with Crippen molar-refractivity contribution in [3.05, 3.63) is 105 Å². The van der Waals surface area contributed by atoms with E-state index in [1.165, 1.54) is 70.4 Å². The molecule has 0 bridgehead atoms. The van der Waals surface area contributed by atoms with E-state index in [9.17, 15) is 57.1 Å². The molecule has 4 aliphatic rings. The largest absolute Gasteiger partial charge is 0.460 e. The van der Waals surface area contributed by atoms with Gasteiger partial charge >= 0.3 is 47.6 Å². The molecule has 0 aromatic heterocycles. The van der Waals surface area contributed by atoms with E-state index in [4.69, 9.17) is 0 Å². The zero-order chi connectivity index (χ0) is 47.4. The Balaban J connectivity index is 0.903. The number of likely N-dealkylation sites (tertiary alicyclic amines) is 1. The molecule has 1 nitrogen and oxygen atoms in total. The fourth-order valence-electron chi connectivity index (χ4n) is 13.4. The van der Waals surface area contributed by atoms with Gasteiger partial charge in [-0.3, -0.25) is 4.90 Å². The van der Waals surface area contributed by atoms with Crippen LogP contribution < -0.4 is 0 Å². The normalized spacial score (nSPS) is 20.9. The number of nitrogens with zero attached hydrogens (tertiary/aromatic N) is 1. The molecule has 1 heterocycles. The van der Waals surface area contributed by atoms with Crippen LogP contribution in [-0.4, -0.2) is 60.2 Å². The van der Waals surface area contributed by atoms with E-state index in [1.54, 1.807) is 7.05 Å². The Kier molecular flexibility index (Phi) is 6.60. The second-order valence-corrected chi connectivity index (χ2v) is 19.1. The smallest absolute Gasteiger partial charge is 0.298 e. The summed E-state index contributed by atoms with van der Waals surface area (Å²) in [5.41, 5.74) is 4.52. The summed E-state index contributed by atoms with van der Waals surface area (Å²) < 4.78 is 241. The second-order valence-electron chi connectivity index (χ2n) is 19.1. The summed E-state index contributed by atoms with van der Waals surface area (Å²) in [6.07, 6.45) is -6.53. The highest BCUT2D eigenvalue weighted by Gasteiger charge is 2.95. The fraction of sp³-hybridized carbons (Fsp3) is 0.306. The molecular formula is C49H22F17N. The van der Waals surface area contributed by atoms with Crippen molar-refractivity contribution in [1.29, 1.82) is 0 Å². The van der Waals surface area contributed by atoms with Gasteiger partial charge in [-0.1, -0.05) is 60.7 Å². The molecule has 3 atom stereocenters. The van der Waals surface area contributed by atoms with Crippen molar-refractivity contribution in [2.24, 2.45) is 0 Å². The van der Waals surface area contributed by atoms with Crippen LogP contribution in [0.5, 0.6) is 0 Å². The number of halogens is 17. The van der Waals surface area contributed by atoms with E-state index >= 15 is 17.6 Å². The molecule has 0 N–H and O–H groups in total. The summed E-state index contributed by atoms with van der Waals surface area (Å²) in [6.45, 7) is 0.384. The number of rotatable bonds is 8. The van der Waals surface area contributed by atoms with Gasteiger partial charge in [0.05, 0.1) is 0 Å². The van der Waals surface area contributed by atoms with E-state index < -0.39 is 65.2 Å². The van der Waals surface area contributed by atoms with Crippen LogP contribution in [0.1, 0.15) is 62.4 Å². The lowest BCUT2D eigenvalue weighted by molar-refractivity contribution is -0.462. The molecule has 1 saturated heterocycles. The lowest BCUT2D eigenvalue weighted by Gasteiger charge is -2.42. The minimum Gasteiger partial charge on any atom is -0.298 e. The maximum absolute atomic E-state index is 15.5. The topological polar surface area (TPSA) is 3.24 Å². The van der Waals surface area contributed by atoms with Crippen LogP contribution >= 0.6 is 0 Å². The highest BCUT2D eigenvalue weighted by atomic mass is 19.4. The standard InChI is InChI=1S/C49H22F17N/c1-67-14-25-23-12-20-10-18-8-16-2-3-17-9-19-11-21-13-24(34-33(23)37-30(20)28(18)35-26(16)27(17)36-29(19)31(21)38(34)40(37)39(35)36)32(25)41(67)15-4-6-22(7-5-15)42(50,51)43(52,53)44(54,55)45(56,57)46(58,59)47(60,61)48(62,63)49(64,65)66/h2-9,12-13,25,32,41H,10-11,14H2,1H3. The lowest BCUT2D eigenvalue weighted by atomic mass is 9.71. The number of hydrogen-bond donors (Lipinski definition) is 0. The zero-order valence-electron chi connectivity index (χ0n) is 33.5. The highest BCUT2D eigenvalue weighted by Crippen LogP contribution is 2.69. The Labute approximate surface area is 362 Å². The summed E-state index contributed by atoms with van der Waals surface area (Å²) in [5.74, 6) is -57.6. The average Bonchev–Trinajstić information content (AvgIpc) is 4.06. The quantitative estimate of drug-likeness (QED) is 0.108. The Morgan fingerprint density at radius 1 is 0.403 bits per heavy atom. The molecule has 67 heavy (non-hydrogen) atoms. The predicted molar refractivity (Wildman–Crippen MR) is 215 cm³/mol. The van der Waals surface area contributed by atoms with Crippen LogP contribution in [0.2, 0.25) is 0 Å². The molecule has 1 aliphatic heterocycles. The van der Waals surface area contributed by atoms with E-state index in [0.29, 0.717) is 19.4 Å². The molecule has 3 unspecified atom stereocenters. The van der Waals surface area contributed by atoms with Crippen LogP contribution in [0.3, 0.4) is 0 Å². The molecule has 10 aromatic rings. The molecule has 342 valence electrons. The number of benzene rings is 8. The Morgan fingerprint density at radius 3 is 1.27 bits per heavy atom. The molecule has 3 aliphatic carbocycles. The first kappa shape index (κ1) is 40.4. The van der Waals surface area contributed by atoms with Crippen LogP contribution in [0.25, 0.3) is 86.2 Å². The van der Waals surface area contributed by atoms with Gasteiger partial charge < -0.3 is 0 Å². The van der Waals surface area contributed by atoms with Crippen molar-refractivity contribution in [1.82, 2.24) is 4.90 Å². The number of alkyl halides is 17. The van der Waals surface area contributed by atoms with Gasteiger partial charge in [0.1, 0.15) is 0 Å². The first-order valence-electron chi connectivity index (χ1n) is 20.9. The van der Waals surface area contributed by atoms with Crippen molar-refractivity contribution in [2.45, 2.75) is 78.4 Å². The maximum atomic E-state index is 15.5. The number of fused-ring (bicyclic) bond motifs is 3. The third-order valence-corrected chi connectivity index (χ3v) is 16.0. The van der Waals surface area contributed by atoms with Crippen molar-refractivity contribution in [2.75, 3.05) is 13.6 Å². The van der Waals surface area contributed by atoms with Gasteiger partial charge in [-0.25, -0.2) is 0 Å². The Hall–Kier alpha value is -5.65. The van der Waals surface area contributed by atoms with E-state index in [0.717, 1.165) is 61.3 Å². The molecule has 0 radical (unpaired) electrons. The van der Waals surface area contributed by atoms with Gasteiger partial charge in [0.25, 0.3) is 0 Å². The van der Waals surface area contributed by atoms with Gasteiger partial charge in [0.2, 0.25) is 0 Å². The molecule has 14 rings (SSSR count). The van der Waals surface area contributed by atoms with Gasteiger partial charge in [-0.05, 0) is 145 Å². The summed E-state index contributed by atoms with van der Waals surface area (Å²) in [4.78, 5) is 1.89. The first-order valence-corrected chi connectivity index (χ1v) is 20.9. The Morgan fingerprint density at radius 2 is 0.791 bits per heavy atom.